The van der Waals surface area contributed by atoms with Gasteiger partial charge in [0.25, 0.3) is 5.91 Å². The van der Waals surface area contributed by atoms with Crippen molar-refractivity contribution in [1.82, 2.24) is 25.0 Å². The van der Waals surface area contributed by atoms with Crippen LogP contribution in [0.5, 0.6) is 0 Å². The highest BCUT2D eigenvalue weighted by Gasteiger charge is 2.26. The van der Waals surface area contributed by atoms with Crippen LogP contribution in [0, 0.1) is 6.92 Å². The van der Waals surface area contributed by atoms with Crippen LogP contribution in [0.25, 0.3) is 0 Å². The smallest absolute Gasteiger partial charge is 0.270 e. The van der Waals surface area contributed by atoms with Crippen LogP contribution in [0.1, 0.15) is 40.2 Å². The van der Waals surface area contributed by atoms with E-state index in [0.717, 1.165) is 37.6 Å². The van der Waals surface area contributed by atoms with E-state index in [9.17, 15) is 4.79 Å². The standard InChI is InChI=1S/C18H21N5O2S/c1-13-2-3-16(25-13)10-22-8-14(23-15(9-22)5-7-21-23)4-6-19-18(24)17-11-26-12-20-17/h2-3,5,7,11-12,14H,4,6,8-10H2,1H3,(H,19,24)/t14-/m1/s1. The topological polar surface area (TPSA) is 76.2 Å². The van der Waals surface area contributed by atoms with Crippen LogP contribution < -0.4 is 5.32 Å². The first kappa shape index (κ1) is 17.0. The van der Waals surface area contributed by atoms with Gasteiger partial charge in [-0.15, -0.1) is 11.3 Å². The van der Waals surface area contributed by atoms with Crippen LogP contribution in [0.2, 0.25) is 0 Å². The van der Waals surface area contributed by atoms with Crippen LogP contribution in [-0.2, 0) is 13.1 Å². The number of nitrogens with one attached hydrogen (secondary N) is 1. The van der Waals surface area contributed by atoms with Gasteiger partial charge in [0, 0.05) is 31.2 Å². The first-order valence-corrected chi connectivity index (χ1v) is 9.60. The summed E-state index contributed by atoms with van der Waals surface area (Å²) in [5, 5.41) is 9.18. The molecule has 4 heterocycles. The maximum Gasteiger partial charge on any atom is 0.270 e. The van der Waals surface area contributed by atoms with E-state index < -0.39 is 0 Å². The van der Waals surface area contributed by atoms with E-state index in [1.807, 2.05) is 25.3 Å². The Balaban J connectivity index is 1.37. The molecule has 3 aromatic heterocycles. The van der Waals surface area contributed by atoms with Crippen molar-refractivity contribution in [1.29, 1.82) is 0 Å². The fourth-order valence-corrected chi connectivity index (χ4v) is 3.89. The Morgan fingerprint density at radius 2 is 2.35 bits per heavy atom. The number of hydrogen-bond donors (Lipinski definition) is 1. The summed E-state index contributed by atoms with van der Waals surface area (Å²) < 4.78 is 7.80. The van der Waals surface area contributed by atoms with Crippen molar-refractivity contribution in [3.8, 4) is 0 Å². The Kier molecular flexibility index (Phi) is 4.85. The molecule has 1 amide bonds. The quantitative estimate of drug-likeness (QED) is 0.721. The summed E-state index contributed by atoms with van der Waals surface area (Å²) >= 11 is 1.42. The Morgan fingerprint density at radius 1 is 1.42 bits per heavy atom. The molecule has 0 aromatic carbocycles. The number of rotatable bonds is 6. The molecule has 0 saturated heterocycles. The van der Waals surface area contributed by atoms with Crippen LogP contribution in [0.15, 0.2) is 39.7 Å². The molecule has 0 aliphatic carbocycles. The zero-order chi connectivity index (χ0) is 17.9. The van der Waals surface area contributed by atoms with Gasteiger partial charge < -0.3 is 9.73 Å². The molecule has 0 saturated carbocycles. The normalized spacial score (nSPS) is 17.2. The molecule has 7 nitrogen and oxygen atoms in total. The van der Waals surface area contributed by atoms with Gasteiger partial charge in [-0.05, 0) is 31.5 Å². The Hall–Kier alpha value is -2.45. The average Bonchev–Trinajstić information content (AvgIpc) is 3.36. The fourth-order valence-electron chi connectivity index (χ4n) is 3.36. The third-order valence-electron chi connectivity index (χ3n) is 4.56. The lowest BCUT2D eigenvalue weighted by atomic mass is 10.1. The Labute approximate surface area is 155 Å². The molecule has 136 valence electrons. The molecular formula is C18H21N5O2S. The van der Waals surface area contributed by atoms with Crippen LogP contribution in [0.3, 0.4) is 0 Å². The second kappa shape index (κ2) is 7.43. The third-order valence-corrected chi connectivity index (χ3v) is 5.14. The SMILES string of the molecule is Cc1ccc(CN2Cc3ccnn3[C@H](CCNC(=O)c3cscn3)C2)o1. The number of fused-ring (bicyclic) bond motifs is 1. The van der Waals surface area contributed by atoms with Gasteiger partial charge in [0.15, 0.2) is 0 Å². The number of carbonyl (C=O) groups excluding carboxylic acids is 1. The van der Waals surface area contributed by atoms with Crippen molar-refractivity contribution in [2.45, 2.75) is 32.5 Å². The van der Waals surface area contributed by atoms with Crippen molar-refractivity contribution < 1.29 is 9.21 Å². The van der Waals surface area contributed by atoms with Gasteiger partial charge in [-0.2, -0.15) is 5.10 Å². The molecule has 8 heteroatoms. The predicted molar refractivity (Wildman–Crippen MR) is 97.9 cm³/mol. The monoisotopic (exact) mass is 371 g/mol. The van der Waals surface area contributed by atoms with Gasteiger partial charge in [-0.1, -0.05) is 0 Å². The van der Waals surface area contributed by atoms with E-state index in [4.69, 9.17) is 4.42 Å². The lowest BCUT2D eigenvalue weighted by Crippen LogP contribution is -2.38. The molecule has 1 aliphatic heterocycles. The molecule has 0 spiro atoms. The zero-order valence-corrected chi connectivity index (χ0v) is 15.4. The Bertz CT molecular complexity index is 870. The number of amides is 1. The lowest BCUT2D eigenvalue weighted by Gasteiger charge is -2.33. The van der Waals surface area contributed by atoms with E-state index in [1.165, 1.54) is 17.0 Å². The molecule has 1 aliphatic rings. The number of aryl methyl sites for hydroxylation is 1. The minimum Gasteiger partial charge on any atom is -0.465 e. The number of aromatic nitrogens is 3. The third kappa shape index (κ3) is 3.71. The maximum atomic E-state index is 12.0. The molecule has 26 heavy (non-hydrogen) atoms. The first-order valence-electron chi connectivity index (χ1n) is 8.65. The minimum absolute atomic E-state index is 0.120. The lowest BCUT2D eigenvalue weighted by molar-refractivity contribution is 0.0942. The van der Waals surface area contributed by atoms with Crippen molar-refractivity contribution in [3.63, 3.8) is 0 Å². The largest absolute Gasteiger partial charge is 0.465 e. The molecule has 1 atom stereocenters. The first-order chi connectivity index (χ1) is 12.7. The van der Waals surface area contributed by atoms with Gasteiger partial charge >= 0.3 is 0 Å². The molecule has 0 unspecified atom stereocenters. The van der Waals surface area contributed by atoms with E-state index in [-0.39, 0.29) is 11.9 Å². The van der Waals surface area contributed by atoms with Crippen LogP contribution >= 0.6 is 11.3 Å². The summed E-state index contributed by atoms with van der Waals surface area (Å²) in [5.41, 5.74) is 3.34. The maximum absolute atomic E-state index is 12.0. The van der Waals surface area contributed by atoms with Gasteiger partial charge in [-0.25, -0.2) is 4.98 Å². The fraction of sp³-hybridized carbons (Fsp3) is 0.389. The molecule has 0 fully saturated rings. The second-order valence-electron chi connectivity index (χ2n) is 6.52. The van der Waals surface area contributed by atoms with E-state index >= 15 is 0 Å². The number of thiazole rings is 1. The second-order valence-corrected chi connectivity index (χ2v) is 7.24. The number of nitrogens with zero attached hydrogens (tertiary/aromatic N) is 4. The van der Waals surface area contributed by atoms with Crippen LogP contribution in [0.4, 0.5) is 0 Å². The predicted octanol–water partition coefficient (Wildman–Crippen LogP) is 2.62. The van der Waals surface area contributed by atoms with Crippen molar-refractivity contribution in [2.24, 2.45) is 0 Å². The summed E-state index contributed by atoms with van der Waals surface area (Å²) in [7, 11) is 0. The summed E-state index contributed by atoms with van der Waals surface area (Å²) in [6.45, 7) is 5.06. The van der Waals surface area contributed by atoms with Crippen molar-refractivity contribution in [3.05, 3.63) is 58.2 Å². The molecule has 0 bridgehead atoms. The highest BCUT2D eigenvalue weighted by Crippen LogP contribution is 2.24. The zero-order valence-electron chi connectivity index (χ0n) is 14.6. The molecule has 3 aromatic rings. The number of hydrogen-bond acceptors (Lipinski definition) is 6. The van der Waals surface area contributed by atoms with Crippen molar-refractivity contribution in [2.75, 3.05) is 13.1 Å². The highest BCUT2D eigenvalue weighted by atomic mass is 32.1. The molecule has 0 radical (unpaired) electrons. The van der Waals surface area contributed by atoms with Gasteiger partial charge in [0.1, 0.15) is 17.2 Å². The average molecular weight is 371 g/mol. The van der Waals surface area contributed by atoms with Crippen molar-refractivity contribution >= 4 is 17.2 Å². The van der Waals surface area contributed by atoms with Gasteiger partial charge in [0.05, 0.1) is 23.8 Å². The Morgan fingerprint density at radius 3 is 3.12 bits per heavy atom. The molecule has 1 N–H and O–H groups in total. The summed E-state index contributed by atoms with van der Waals surface area (Å²) in [6, 6.07) is 6.31. The number of furan rings is 1. The summed E-state index contributed by atoms with van der Waals surface area (Å²) in [5.74, 6) is 1.79. The number of carbonyl (C=O) groups is 1. The van der Waals surface area contributed by atoms with E-state index in [0.29, 0.717) is 12.2 Å². The molecular weight excluding hydrogens is 350 g/mol. The van der Waals surface area contributed by atoms with E-state index in [2.05, 4.69) is 31.0 Å². The minimum atomic E-state index is -0.120. The summed E-state index contributed by atoms with van der Waals surface area (Å²) in [4.78, 5) is 18.4. The van der Waals surface area contributed by atoms with Crippen LogP contribution in [-0.4, -0.2) is 38.7 Å². The van der Waals surface area contributed by atoms with Gasteiger partial charge in [-0.3, -0.25) is 14.4 Å². The molecule has 4 rings (SSSR count). The summed E-state index contributed by atoms with van der Waals surface area (Å²) in [6.07, 6.45) is 2.66. The van der Waals surface area contributed by atoms with Gasteiger partial charge in [0.2, 0.25) is 0 Å². The van der Waals surface area contributed by atoms with E-state index in [1.54, 1.807) is 10.9 Å². The highest BCUT2D eigenvalue weighted by molar-refractivity contribution is 7.07.